The lowest BCUT2D eigenvalue weighted by Crippen LogP contribution is -2.50. The molecule has 0 spiro atoms. The van der Waals surface area contributed by atoms with Crippen molar-refractivity contribution in [3.05, 3.63) is 47.7 Å². The first-order chi connectivity index (χ1) is 15.0. The molecule has 1 saturated heterocycles. The number of benzene rings is 1. The number of furan rings is 1. The molecule has 1 amide bonds. The third-order valence-corrected chi connectivity index (χ3v) is 7.20. The molecule has 1 N–H and O–H groups in total. The summed E-state index contributed by atoms with van der Waals surface area (Å²) in [6.45, 7) is 7.57. The Hall–Kier alpha value is -2.11. The van der Waals surface area contributed by atoms with Crippen LogP contribution in [0.25, 0.3) is 11.3 Å². The molecule has 1 aromatic carbocycles. The second-order valence-electron chi connectivity index (χ2n) is 9.94. The Labute approximate surface area is 185 Å². The summed E-state index contributed by atoms with van der Waals surface area (Å²) in [5, 5.41) is 3.18. The number of rotatable bonds is 7. The van der Waals surface area contributed by atoms with Gasteiger partial charge in [-0.25, -0.2) is 0 Å². The Morgan fingerprint density at radius 3 is 2.55 bits per heavy atom. The largest absolute Gasteiger partial charge is 0.460 e. The molecule has 1 aromatic heterocycles. The van der Waals surface area contributed by atoms with Crippen LogP contribution in [0.3, 0.4) is 0 Å². The van der Waals surface area contributed by atoms with Gasteiger partial charge in [0.2, 0.25) is 5.91 Å². The Bertz CT molecular complexity index is 902. The van der Waals surface area contributed by atoms with E-state index in [4.69, 9.17) is 9.15 Å². The van der Waals surface area contributed by atoms with Gasteiger partial charge < -0.3 is 14.5 Å². The van der Waals surface area contributed by atoms with Crippen LogP contribution in [0.5, 0.6) is 0 Å². The smallest absolute Gasteiger partial charge is 0.217 e. The van der Waals surface area contributed by atoms with Crippen LogP contribution in [-0.4, -0.2) is 42.6 Å². The Morgan fingerprint density at radius 1 is 1.10 bits per heavy atom. The maximum atomic E-state index is 11.8. The van der Waals surface area contributed by atoms with Crippen LogP contribution >= 0.6 is 0 Å². The van der Waals surface area contributed by atoms with Gasteiger partial charge in [0.1, 0.15) is 11.5 Å². The highest BCUT2D eigenvalue weighted by Gasteiger charge is 2.43. The molecule has 2 heterocycles. The van der Waals surface area contributed by atoms with E-state index in [1.807, 2.05) is 0 Å². The van der Waals surface area contributed by atoms with Gasteiger partial charge in [0.05, 0.1) is 18.7 Å². The van der Waals surface area contributed by atoms with Crippen molar-refractivity contribution in [2.75, 3.05) is 19.7 Å². The van der Waals surface area contributed by atoms with Crippen molar-refractivity contribution in [1.82, 2.24) is 10.2 Å². The fourth-order valence-electron chi connectivity index (χ4n) is 5.34. The second kappa shape index (κ2) is 8.79. The van der Waals surface area contributed by atoms with Crippen molar-refractivity contribution in [3.8, 4) is 11.3 Å². The highest BCUT2D eigenvalue weighted by atomic mass is 16.5. The van der Waals surface area contributed by atoms with Crippen LogP contribution in [-0.2, 0) is 16.1 Å². The van der Waals surface area contributed by atoms with Gasteiger partial charge >= 0.3 is 0 Å². The van der Waals surface area contributed by atoms with Crippen molar-refractivity contribution < 1.29 is 13.9 Å². The van der Waals surface area contributed by atoms with Gasteiger partial charge in [0.15, 0.2) is 0 Å². The fourth-order valence-corrected chi connectivity index (χ4v) is 5.34. The number of hydrogen-bond donors (Lipinski definition) is 1. The zero-order valence-electron chi connectivity index (χ0n) is 18.7. The molecule has 2 aliphatic carbocycles. The highest BCUT2D eigenvalue weighted by Crippen LogP contribution is 2.39. The molecule has 0 radical (unpaired) electrons. The SMILES string of the molecule is CC(=O)N[C@@H]1C[C@@H]2CN(Cc3ccc(-c4ccc(C)cc4)o3)C[C@@H]2C[C@H]1OCC1CC1. The number of ether oxygens (including phenoxy) is 1. The van der Waals surface area contributed by atoms with Gasteiger partial charge in [-0.3, -0.25) is 9.69 Å². The minimum Gasteiger partial charge on any atom is -0.460 e. The van der Waals surface area contributed by atoms with Gasteiger partial charge in [-0.2, -0.15) is 0 Å². The number of carbonyl (C=O) groups excluding carboxylic acids is 1. The minimum absolute atomic E-state index is 0.0533. The Balaban J connectivity index is 1.20. The van der Waals surface area contributed by atoms with E-state index in [-0.39, 0.29) is 18.1 Å². The first-order valence-electron chi connectivity index (χ1n) is 11.8. The third-order valence-electron chi connectivity index (χ3n) is 7.20. The predicted octanol–water partition coefficient (Wildman–Crippen LogP) is 4.40. The maximum absolute atomic E-state index is 11.8. The topological polar surface area (TPSA) is 54.7 Å². The lowest BCUT2D eigenvalue weighted by Gasteiger charge is -2.38. The third kappa shape index (κ3) is 5.04. The summed E-state index contributed by atoms with van der Waals surface area (Å²) in [6, 6.07) is 12.8. The van der Waals surface area contributed by atoms with Gasteiger partial charge in [0.25, 0.3) is 0 Å². The molecule has 5 rings (SSSR count). The van der Waals surface area contributed by atoms with Gasteiger partial charge in [-0.05, 0) is 62.5 Å². The predicted molar refractivity (Wildman–Crippen MR) is 120 cm³/mol. The van der Waals surface area contributed by atoms with E-state index in [0.29, 0.717) is 11.8 Å². The highest BCUT2D eigenvalue weighted by molar-refractivity contribution is 5.73. The summed E-state index contributed by atoms with van der Waals surface area (Å²) in [5.41, 5.74) is 2.38. The number of likely N-dealkylation sites (tertiary alicyclic amines) is 1. The molecule has 1 aliphatic heterocycles. The van der Waals surface area contributed by atoms with Gasteiger partial charge in [-0.1, -0.05) is 29.8 Å². The van der Waals surface area contributed by atoms with Crippen LogP contribution < -0.4 is 5.32 Å². The minimum atomic E-state index is 0.0533. The van der Waals surface area contributed by atoms with Crippen LogP contribution in [0.1, 0.15) is 43.9 Å². The number of nitrogens with one attached hydrogen (secondary N) is 1. The molecule has 31 heavy (non-hydrogen) atoms. The second-order valence-corrected chi connectivity index (χ2v) is 9.94. The average molecular weight is 423 g/mol. The lowest BCUT2D eigenvalue weighted by molar-refractivity contribution is -0.122. The maximum Gasteiger partial charge on any atom is 0.217 e. The molecule has 2 aromatic rings. The molecule has 2 saturated carbocycles. The van der Waals surface area contributed by atoms with Crippen molar-refractivity contribution in [2.24, 2.45) is 17.8 Å². The summed E-state index contributed by atoms with van der Waals surface area (Å²) < 4.78 is 12.5. The molecule has 0 bridgehead atoms. The Kier molecular flexibility index (Phi) is 5.89. The molecular formula is C26H34N2O3. The standard InChI is InChI=1S/C26H34N2O3/c1-17-3-7-20(8-4-17)25-10-9-23(31-25)15-28-13-21-11-24(27-18(2)29)26(12-22(21)14-28)30-16-19-5-6-19/h3-4,7-10,19,21-22,24,26H,5-6,11-16H2,1-2H3,(H,27,29)/t21-,22+,24-,26-/m1/s1. The average Bonchev–Trinajstić information content (AvgIpc) is 3.32. The molecule has 3 fully saturated rings. The van der Waals surface area contributed by atoms with E-state index in [0.717, 1.165) is 62.1 Å². The van der Waals surface area contributed by atoms with E-state index in [1.165, 1.54) is 18.4 Å². The molecule has 5 heteroatoms. The van der Waals surface area contributed by atoms with Crippen molar-refractivity contribution in [3.63, 3.8) is 0 Å². The van der Waals surface area contributed by atoms with Crippen molar-refractivity contribution in [2.45, 2.75) is 58.2 Å². The normalized spacial score (nSPS) is 28.5. The van der Waals surface area contributed by atoms with Crippen LogP contribution in [0.15, 0.2) is 40.8 Å². The van der Waals surface area contributed by atoms with E-state index < -0.39 is 0 Å². The number of hydrogen-bond acceptors (Lipinski definition) is 4. The summed E-state index contributed by atoms with van der Waals surface area (Å²) in [7, 11) is 0. The zero-order chi connectivity index (χ0) is 21.4. The van der Waals surface area contributed by atoms with E-state index >= 15 is 0 Å². The summed E-state index contributed by atoms with van der Waals surface area (Å²) in [5.74, 6) is 4.01. The van der Waals surface area contributed by atoms with Gasteiger partial charge in [-0.15, -0.1) is 0 Å². The molecular weight excluding hydrogens is 388 g/mol. The number of amides is 1. The van der Waals surface area contributed by atoms with Crippen molar-refractivity contribution >= 4 is 5.91 Å². The Morgan fingerprint density at radius 2 is 1.84 bits per heavy atom. The van der Waals surface area contributed by atoms with E-state index in [1.54, 1.807) is 6.92 Å². The molecule has 0 unspecified atom stereocenters. The first-order valence-corrected chi connectivity index (χ1v) is 11.8. The van der Waals surface area contributed by atoms with Crippen molar-refractivity contribution in [1.29, 1.82) is 0 Å². The zero-order valence-corrected chi connectivity index (χ0v) is 18.7. The summed E-state index contributed by atoms with van der Waals surface area (Å²) in [6.07, 6.45) is 4.81. The van der Waals surface area contributed by atoms with Crippen LogP contribution in [0.2, 0.25) is 0 Å². The lowest BCUT2D eigenvalue weighted by atomic mass is 9.77. The monoisotopic (exact) mass is 422 g/mol. The summed E-state index contributed by atoms with van der Waals surface area (Å²) in [4.78, 5) is 14.3. The molecule has 5 nitrogen and oxygen atoms in total. The van der Waals surface area contributed by atoms with Crippen LogP contribution in [0.4, 0.5) is 0 Å². The number of carbonyl (C=O) groups is 1. The van der Waals surface area contributed by atoms with Gasteiger partial charge in [0, 0.05) is 32.2 Å². The summed E-state index contributed by atoms with van der Waals surface area (Å²) >= 11 is 0. The van der Waals surface area contributed by atoms with Crippen LogP contribution in [0, 0.1) is 24.7 Å². The molecule has 3 aliphatic rings. The number of nitrogens with zero attached hydrogens (tertiary/aromatic N) is 1. The quantitative estimate of drug-likeness (QED) is 0.719. The molecule has 166 valence electrons. The van der Waals surface area contributed by atoms with E-state index in [9.17, 15) is 4.79 Å². The number of fused-ring (bicyclic) bond motifs is 1. The fraction of sp³-hybridized carbons (Fsp3) is 0.577. The molecule has 4 atom stereocenters. The number of aryl methyl sites for hydroxylation is 1. The first kappa shape index (κ1) is 20.8. The van der Waals surface area contributed by atoms with E-state index in [2.05, 4.69) is 53.5 Å².